The lowest BCUT2D eigenvalue weighted by molar-refractivity contribution is -0.115. The van der Waals surface area contributed by atoms with Crippen LogP contribution < -0.4 is 24.8 Å². The van der Waals surface area contributed by atoms with Gasteiger partial charge in [-0.2, -0.15) is 0 Å². The zero-order valence-electron chi connectivity index (χ0n) is 15.1. The summed E-state index contributed by atoms with van der Waals surface area (Å²) in [5.74, 6) is 2.10. The van der Waals surface area contributed by atoms with Crippen molar-refractivity contribution >= 4 is 23.1 Å². The molecule has 0 spiro atoms. The van der Waals surface area contributed by atoms with Gasteiger partial charge in [-0.15, -0.1) is 0 Å². The fraction of sp³-hybridized carbons (Fsp3) is 0.333. The molecule has 2 N–H and O–H groups in total. The van der Waals surface area contributed by atoms with E-state index in [4.69, 9.17) is 14.2 Å². The number of aromatic nitrogens is 1. The Kier molecular flexibility index (Phi) is 6.05. The lowest BCUT2D eigenvalue weighted by Crippen LogP contribution is -2.11. The molecule has 0 saturated heterocycles. The summed E-state index contributed by atoms with van der Waals surface area (Å²) in [6.07, 6.45) is 0.409. The second kappa shape index (κ2) is 8.23. The summed E-state index contributed by atoms with van der Waals surface area (Å²) in [4.78, 5) is 15.9. The monoisotopic (exact) mass is 345 g/mol. The van der Waals surface area contributed by atoms with Gasteiger partial charge in [0.15, 0.2) is 11.5 Å². The third kappa shape index (κ3) is 4.32. The van der Waals surface area contributed by atoms with Crippen molar-refractivity contribution in [2.75, 3.05) is 32.0 Å². The van der Waals surface area contributed by atoms with Crippen LogP contribution in [0.4, 0.5) is 17.2 Å². The first-order valence-corrected chi connectivity index (χ1v) is 7.86. The van der Waals surface area contributed by atoms with Crippen LogP contribution in [-0.4, -0.2) is 32.2 Å². The molecule has 0 aliphatic rings. The Morgan fingerprint density at radius 2 is 1.72 bits per heavy atom. The molecule has 0 radical (unpaired) electrons. The van der Waals surface area contributed by atoms with Crippen LogP contribution in [-0.2, 0) is 4.79 Å². The zero-order valence-corrected chi connectivity index (χ0v) is 15.1. The molecule has 0 aliphatic carbocycles. The van der Waals surface area contributed by atoms with E-state index in [1.165, 1.54) is 0 Å². The number of aryl methyl sites for hydroxylation is 1. The number of carbonyl (C=O) groups excluding carboxylic acids is 1. The normalized spacial score (nSPS) is 10.1. The maximum Gasteiger partial charge on any atom is 0.225 e. The van der Waals surface area contributed by atoms with Crippen molar-refractivity contribution in [2.24, 2.45) is 0 Å². The first-order valence-electron chi connectivity index (χ1n) is 7.86. The van der Waals surface area contributed by atoms with E-state index in [1.54, 1.807) is 34.3 Å². The Bertz CT molecular complexity index is 737. The number of rotatable bonds is 7. The third-order valence-electron chi connectivity index (χ3n) is 3.62. The molecular weight excluding hydrogens is 322 g/mol. The van der Waals surface area contributed by atoms with Gasteiger partial charge in [-0.25, -0.2) is 4.98 Å². The number of nitrogens with zero attached hydrogens (tertiary/aromatic N) is 1. The highest BCUT2D eigenvalue weighted by atomic mass is 16.5. The number of benzene rings is 1. The molecule has 1 heterocycles. The summed E-state index contributed by atoms with van der Waals surface area (Å²) in [7, 11) is 4.70. The molecule has 2 rings (SSSR count). The summed E-state index contributed by atoms with van der Waals surface area (Å²) >= 11 is 0. The highest BCUT2D eigenvalue weighted by Gasteiger charge is 2.14. The minimum Gasteiger partial charge on any atom is -0.493 e. The van der Waals surface area contributed by atoms with Gasteiger partial charge >= 0.3 is 0 Å². The summed E-state index contributed by atoms with van der Waals surface area (Å²) in [6.45, 7) is 3.66. The number of hydrogen-bond donors (Lipinski definition) is 2. The lowest BCUT2D eigenvalue weighted by Gasteiger charge is -2.16. The molecule has 1 amide bonds. The van der Waals surface area contributed by atoms with Crippen LogP contribution in [0.25, 0.3) is 0 Å². The van der Waals surface area contributed by atoms with Crippen molar-refractivity contribution in [1.29, 1.82) is 0 Å². The Labute approximate surface area is 147 Å². The minimum absolute atomic E-state index is 0.0720. The molecule has 2 aromatic rings. The quantitative estimate of drug-likeness (QED) is 0.799. The number of hydrogen-bond acceptors (Lipinski definition) is 6. The first-order chi connectivity index (χ1) is 12.0. The van der Waals surface area contributed by atoms with E-state index < -0.39 is 0 Å². The van der Waals surface area contributed by atoms with E-state index in [-0.39, 0.29) is 5.91 Å². The molecule has 134 valence electrons. The highest BCUT2D eigenvalue weighted by Crippen LogP contribution is 2.40. The smallest absolute Gasteiger partial charge is 0.225 e. The van der Waals surface area contributed by atoms with Gasteiger partial charge in [0, 0.05) is 24.2 Å². The second-order valence-electron chi connectivity index (χ2n) is 5.27. The molecule has 0 aliphatic heterocycles. The molecule has 0 saturated carbocycles. The Balaban J connectivity index is 2.29. The first kappa shape index (κ1) is 18.4. The number of anilines is 3. The topological polar surface area (TPSA) is 81.7 Å². The number of nitrogens with one attached hydrogen (secondary N) is 2. The molecule has 0 atom stereocenters. The van der Waals surface area contributed by atoms with Crippen molar-refractivity contribution in [3.05, 3.63) is 30.0 Å². The minimum atomic E-state index is -0.0720. The lowest BCUT2D eigenvalue weighted by atomic mass is 10.2. The van der Waals surface area contributed by atoms with E-state index in [2.05, 4.69) is 15.6 Å². The third-order valence-corrected chi connectivity index (χ3v) is 3.62. The van der Waals surface area contributed by atoms with Crippen molar-refractivity contribution in [2.45, 2.75) is 20.3 Å². The largest absolute Gasteiger partial charge is 0.493 e. The predicted octanol–water partition coefficient (Wildman–Crippen LogP) is 3.51. The van der Waals surface area contributed by atoms with Gasteiger partial charge in [-0.05, 0) is 19.1 Å². The Morgan fingerprint density at radius 3 is 2.20 bits per heavy atom. The van der Waals surface area contributed by atoms with Gasteiger partial charge in [0.05, 0.1) is 32.7 Å². The molecule has 7 nitrogen and oxygen atoms in total. The van der Waals surface area contributed by atoms with Gasteiger partial charge in [0.1, 0.15) is 5.82 Å². The van der Waals surface area contributed by atoms with E-state index in [0.29, 0.717) is 29.5 Å². The molecule has 0 unspecified atom stereocenters. The van der Waals surface area contributed by atoms with Crippen LogP contribution in [0.3, 0.4) is 0 Å². The molecule has 1 aromatic carbocycles. The van der Waals surface area contributed by atoms with Gasteiger partial charge in [-0.1, -0.05) is 6.92 Å². The number of amides is 1. The van der Waals surface area contributed by atoms with Gasteiger partial charge < -0.3 is 24.8 Å². The van der Waals surface area contributed by atoms with Crippen LogP contribution in [0.15, 0.2) is 24.3 Å². The Morgan fingerprint density at radius 1 is 1.08 bits per heavy atom. The van der Waals surface area contributed by atoms with Crippen molar-refractivity contribution in [3.8, 4) is 17.2 Å². The average Bonchev–Trinajstić information content (AvgIpc) is 2.62. The maximum atomic E-state index is 11.5. The second-order valence-corrected chi connectivity index (χ2v) is 5.27. The molecule has 0 fully saturated rings. The maximum absolute atomic E-state index is 11.5. The average molecular weight is 345 g/mol. The number of carbonyl (C=O) groups is 1. The Hall–Kier alpha value is -2.96. The van der Waals surface area contributed by atoms with Crippen molar-refractivity contribution < 1.29 is 19.0 Å². The summed E-state index contributed by atoms with van der Waals surface area (Å²) in [6, 6.07) is 7.23. The number of ether oxygens (including phenoxy) is 3. The standard InChI is InChI=1S/C18H23N3O4/c1-6-17(22)21-16-8-7-13(11(2)19-16)20-12-9-14(23-3)18(25-5)15(10-12)24-4/h7-10,20H,6H2,1-5H3,(H,19,21,22). The molecular formula is C18H23N3O4. The summed E-state index contributed by atoms with van der Waals surface area (Å²) < 4.78 is 16.0. The van der Waals surface area contributed by atoms with E-state index in [0.717, 1.165) is 17.1 Å². The van der Waals surface area contributed by atoms with Crippen LogP contribution in [0.1, 0.15) is 19.0 Å². The van der Waals surface area contributed by atoms with Gasteiger partial charge in [0.25, 0.3) is 0 Å². The van der Waals surface area contributed by atoms with E-state index >= 15 is 0 Å². The molecule has 1 aromatic heterocycles. The number of pyridine rings is 1. The number of methoxy groups -OCH3 is 3. The summed E-state index contributed by atoms with van der Waals surface area (Å²) in [5, 5.41) is 6.02. The van der Waals surface area contributed by atoms with Gasteiger partial charge in [0.2, 0.25) is 11.7 Å². The predicted molar refractivity (Wildman–Crippen MR) is 97.3 cm³/mol. The molecule has 25 heavy (non-hydrogen) atoms. The van der Waals surface area contributed by atoms with Crippen molar-refractivity contribution in [3.63, 3.8) is 0 Å². The van der Waals surface area contributed by atoms with Gasteiger partial charge in [-0.3, -0.25) is 4.79 Å². The SMILES string of the molecule is CCC(=O)Nc1ccc(Nc2cc(OC)c(OC)c(OC)c2)c(C)n1. The summed E-state index contributed by atoms with van der Waals surface area (Å²) in [5.41, 5.74) is 2.33. The van der Waals surface area contributed by atoms with E-state index in [1.807, 2.05) is 25.1 Å². The van der Waals surface area contributed by atoms with Crippen LogP contribution in [0, 0.1) is 6.92 Å². The van der Waals surface area contributed by atoms with E-state index in [9.17, 15) is 4.79 Å². The van der Waals surface area contributed by atoms with Crippen LogP contribution in [0.2, 0.25) is 0 Å². The fourth-order valence-corrected chi connectivity index (χ4v) is 2.30. The van der Waals surface area contributed by atoms with Crippen LogP contribution in [0.5, 0.6) is 17.2 Å². The fourth-order valence-electron chi connectivity index (χ4n) is 2.30. The molecule has 7 heteroatoms. The zero-order chi connectivity index (χ0) is 18.4. The molecule has 0 bridgehead atoms. The van der Waals surface area contributed by atoms with Crippen molar-refractivity contribution in [1.82, 2.24) is 4.98 Å². The highest BCUT2D eigenvalue weighted by molar-refractivity contribution is 5.89. The van der Waals surface area contributed by atoms with Crippen LogP contribution >= 0.6 is 0 Å².